The SMILES string of the molecule is CCOC(=O)NC(=NC(CC(C)C)C(=O)N[C@@H](CC)C(=O)c1nc2ccccc2o1)N1CCOCC1. The zero-order valence-electron chi connectivity index (χ0n) is 21.3. The van der Waals surface area contributed by atoms with Crippen molar-refractivity contribution in [3.63, 3.8) is 0 Å². The summed E-state index contributed by atoms with van der Waals surface area (Å²) in [5.74, 6) is -0.504. The van der Waals surface area contributed by atoms with E-state index in [-0.39, 0.29) is 24.4 Å². The number of para-hydroxylation sites is 2. The monoisotopic (exact) mass is 501 g/mol. The van der Waals surface area contributed by atoms with Crippen molar-refractivity contribution >= 4 is 34.8 Å². The average molecular weight is 502 g/mol. The van der Waals surface area contributed by atoms with E-state index in [2.05, 4.69) is 20.6 Å². The lowest BCUT2D eigenvalue weighted by molar-refractivity contribution is -0.123. The van der Waals surface area contributed by atoms with E-state index in [4.69, 9.17) is 13.9 Å². The Balaban J connectivity index is 1.82. The maximum Gasteiger partial charge on any atom is 0.413 e. The first-order chi connectivity index (χ1) is 17.3. The molecule has 3 rings (SSSR count). The van der Waals surface area contributed by atoms with Crippen molar-refractivity contribution in [3.8, 4) is 0 Å². The van der Waals surface area contributed by atoms with Crippen molar-refractivity contribution in [3.05, 3.63) is 30.2 Å². The molecule has 1 aromatic carbocycles. The van der Waals surface area contributed by atoms with Crippen LogP contribution in [0.3, 0.4) is 0 Å². The first-order valence-electron chi connectivity index (χ1n) is 12.4. The van der Waals surface area contributed by atoms with E-state index in [0.717, 1.165) is 0 Å². The quantitative estimate of drug-likeness (QED) is 0.304. The molecule has 2 heterocycles. The molecule has 1 unspecified atom stereocenters. The second-order valence-electron chi connectivity index (χ2n) is 8.86. The van der Waals surface area contributed by atoms with Crippen molar-refractivity contribution in [2.24, 2.45) is 10.9 Å². The van der Waals surface area contributed by atoms with Gasteiger partial charge in [0.15, 0.2) is 5.58 Å². The molecule has 196 valence electrons. The average Bonchev–Trinajstić information content (AvgIpc) is 3.30. The van der Waals surface area contributed by atoms with Crippen molar-refractivity contribution in [2.75, 3.05) is 32.9 Å². The summed E-state index contributed by atoms with van der Waals surface area (Å²) in [5.41, 5.74) is 1.08. The number of amides is 2. The number of ketones is 1. The molecule has 0 aliphatic carbocycles. The van der Waals surface area contributed by atoms with Crippen molar-refractivity contribution in [1.82, 2.24) is 20.5 Å². The van der Waals surface area contributed by atoms with Gasteiger partial charge in [-0.1, -0.05) is 32.9 Å². The highest BCUT2D eigenvalue weighted by atomic mass is 16.5. The van der Waals surface area contributed by atoms with Gasteiger partial charge in [-0.3, -0.25) is 14.9 Å². The van der Waals surface area contributed by atoms with Crippen LogP contribution in [0.2, 0.25) is 0 Å². The molecule has 11 heteroatoms. The van der Waals surface area contributed by atoms with E-state index in [1.165, 1.54) is 0 Å². The number of oxazole rings is 1. The third-order valence-corrected chi connectivity index (χ3v) is 5.62. The third kappa shape index (κ3) is 7.27. The van der Waals surface area contributed by atoms with Gasteiger partial charge in [-0.2, -0.15) is 0 Å². The summed E-state index contributed by atoms with van der Waals surface area (Å²) >= 11 is 0. The highest BCUT2D eigenvalue weighted by molar-refractivity contribution is 6.01. The largest absolute Gasteiger partial charge is 0.450 e. The van der Waals surface area contributed by atoms with E-state index >= 15 is 0 Å². The fourth-order valence-corrected chi connectivity index (χ4v) is 3.79. The number of rotatable bonds is 9. The number of benzene rings is 1. The number of morpholine rings is 1. The molecule has 0 radical (unpaired) electrons. The maximum absolute atomic E-state index is 13.4. The number of alkyl carbamates (subject to hydrolysis) is 1. The van der Waals surface area contributed by atoms with Gasteiger partial charge in [-0.15, -0.1) is 0 Å². The molecule has 1 aromatic heterocycles. The Morgan fingerprint density at radius 3 is 2.53 bits per heavy atom. The standard InChI is InChI=1S/C25H35N5O6/c1-5-17(21(31)23-27-18-9-7-8-10-20(18)36-23)26-22(32)19(15-16(3)4)28-24(29-25(33)35-6-2)30-11-13-34-14-12-30/h7-10,16-17,19H,5-6,11-15H2,1-4H3,(H,26,32)(H,28,29,33)/t17-,19?/m0/s1. The summed E-state index contributed by atoms with van der Waals surface area (Å²) in [5, 5.41) is 5.48. The van der Waals surface area contributed by atoms with Gasteiger partial charge < -0.3 is 24.1 Å². The topological polar surface area (TPSA) is 135 Å². The van der Waals surface area contributed by atoms with Gasteiger partial charge in [-0.25, -0.2) is 14.8 Å². The van der Waals surface area contributed by atoms with Crippen LogP contribution in [0.4, 0.5) is 4.79 Å². The Labute approximate surface area is 210 Å². The first kappa shape index (κ1) is 27.1. The fourth-order valence-electron chi connectivity index (χ4n) is 3.79. The second-order valence-corrected chi connectivity index (χ2v) is 8.86. The Kier molecular flexibility index (Phi) is 9.80. The number of aromatic nitrogens is 1. The summed E-state index contributed by atoms with van der Waals surface area (Å²) in [4.78, 5) is 49.4. The van der Waals surface area contributed by atoms with Crippen LogP contribution in [0.5, 0.6) is 0 Å². The summed E-state index contributed by atoms with van der Waals surface area (Å²) in [7, 11) is 0. The van der Waals surface area contributed by atoms with Crippen molar-refractivity contribution in [1.29, 1.82) is 0 Å². The van der Waals surface area contributed by atoms with Crippen LogP contribution in [0, 0.1) is 5.92 Å². The molecule has 36 heavy (non-hydrogen) atoms. The minimum Gasteiger partial charge on any atom is -0.450 e. The van der Waals surface area contributed by atoms with Gasteiger partial charge in [0.25, 0.3) is 5.89 Å². The lowest BCUT2D eigenvalue weighted by Gasteiger charge is -2.30. The van der Waals surface area contributed by atoms with Crippen LogP contribution < -0.4 is 10.6 Å². The van der Waals surface area contributed by atoms with Gasteiger partial charge in [0.2, 0.25) is 17.6 Å². The normalized spacial score (nSPS) is 16.0. The van der Waals surface area contributed by atoms with E-state index in [1.807, 2.05) is 24.8 Å². The van der Waals surface area contributed by atoms with Crippen molar-refractivity contribution < 1.29 is 28.3 Å². The number of nitrogens with zero attached hydrogens (tertiary/aromatic N) is 3. The fraction of sp³-hybridized carbons (Fsp3) is 0.560. The van der Waals surface area contributed by atoms with Gasteiger partial charge in [0.1, 0.15) is 11.6 Å². The van der Waals surface area contributed by atoms with Crippen LogP contribution in [0.1, 0.15) is 51.2 Å². The van der Waals surface area contributed by atoms with Crippen LogP contribution in [-0.2, 0) is 14.3 Å². The maximum atomic E-state index is 13.4. The number of fused-ring (bicyclic) bond motifs is 1. The minimum absolute atomic E-state index is 0.0507. The zero-order chi connectivity index (χ0) is 26.1. The number of guanidine groups is 1. The predicted octanol–water partition coefficient (Wildman–Crippen LogP) is 2.75. The minimum atomic E-state index is -0.838. The number of nitrogens with one attached hydrogen (secondary N) is 2. The molecule has 0 saturated carbocycles. The molecule has 2 N–H and O–H groups in total. The number of hydrogen-bond donors (Lipinski definition) is 2. The Morgan fingerprint density at radius 1 is 1.17 bits per heavy atom. The molecule has 1 saturated heterocycles. The van der Waals surface area contributed by atoms with Gasteiger partial charge >= 0.3 is 6.09 Å². The molecule has 2 aromatic rings. The number of Topliss-reactive ketones (excluding diaryl/α,β-unsaturated/α-hetero) is 1. The van der Waals surface area contributed by atoms with E-state index < -0.39 is 29.9 Å². The third-order valence-electron chi connectivity index (χ3n) is 5.62. The molecule has 1 aliphatic rings. The molecule has 0 spiro atoms. The van der Waals surface area contributed by atoms with Crippen molar-refractivity contribution in [2.45, 2.75) is 52.6 Å². The number of ether oxygens (including phenoxy) is 2. The van der Waals surface area contributed by atoms with Gasteiger partial charge in [0.05, 0.1) is 25.9 Å². The second kappa shape index (κ2) is 13.0. The number of aliphatic imine (C=N–C) groups is 1. The highest BCUT2D eigenvalue weighted by Crippen LogP contribution is 2.17. The smallest absolute Gasteiger partial charge is 0.413 e. The zero-order valence-corrected chi connectivity index (χ0v) is 21.3. The molecular formula is C25H35N5O6. The summed E-state index contributed by atoms with van der Waals surface area (Å²) in [6.07, 6.45) is 0.111. The molecular weight excluding hydrogens is 466 g/mol. The van der Waals surface area contributed by atoms with E-state index in [1.54, 1.807) is 32.0 Å². The van der Waals surface area contributed by atoms with Crippen LogP contribution in [-0.4, -0.2) is 78.6 Å². The van der Waals surface area contributed by atoms with Crippen LogP contribution in [0.25, 0.3) is 11.1 Å². The van der Waals surface area contributed by atoms with E-state index in [0.29, 0.717) is 50.2 Å². The molecule has 2 atom stereocenters. The highest BCUT2D eigenvalue weighted by Gasteiger charge is 2.30. The Morgan fingerprint density at radius 2 is 1.89 bits per heavy atom. The van der Waals surface area contributed by atoms with Crippen LogP contribution in [0.15, 0.2) is 33.7 Å². The predicted molar refractivity (Wildman–Crippen MR) is 134 cm³/mol. The first-order valence-corrected chi connectivity index (χ1v) is 12.4. The van der Waals surface area contributed by atoms with Crippen LogP contribution >= 0.6 is 0 Å². The molecule has 2 amide bonds. The van der Waals surface area contributed by atoms with E-state index in [9.17, 15) is 14.4 Å². The lowest BCUT2D eigenvalue weighted by atomic mass is 10.0. The lowest BCUT2D eigenvalue weighted by Crippen LogP contribution is -2.51. The summed E-state index contributed by atoms with van der Waals surface area (Å²) in [6.45, 7) is 9.63. The molecule has 11 nitrogen and oxygen atoms in total. The molecule has 0 bridgehead atoms. The Bertz CT molecular complexity index is 1040. The Hall–Kier alpha value is -3.47. The molecule has 1 fully saturated rings. The number of hydrogen-bond acceptors (Lipinski definition) is 8. The summed E-state index contributed by atoms with van der Waals surface area (Å²) in [6, 6.07) is 5.42. The van der Waals surface area contributed by atoms with Gasteiger partial charge in [-0.05, 0) is 37.8 Å². The van der Waals surface area contributed by atoms with Gasteiger partial charge in [0, 0.05) is 13.1 Å². The number of carbonyl (C=O) groups is 3. The number of carbonyl (C=O) groups excluding carboxylic acids is 3. The summed E-state index contributed by atoms with van der Waals surface area (Å²) < 4.78 is 16.0. The molecule has 1 aliphatic heterocycles.